The lowest BCUT2D eigenvalue weighted by molar-refractivity contribution is 0.137. The third-order valence-corrected chi connectivity index (χ3v) is 2.00. The van der Waals surface area contributed by atoms with Crippen LogP contribution in [-0.2, 0) is 4.74 Å². The fraction of sp³-hybridized carbons (Fsp3) is 0.556. The van der Waals surface area contributed by atoms with Gasteiger partial charge in [0.2, 0.25) is 5.88 Å². The minimum atomic E-state index is 0.149. The van der Waals surface area contributed by atoms with Gasteiger partial charge in [0, 0.05) is 18.8 Å². The lowest BCUT2D eigenvalue weighted by Crippen LogP contribution is -2.17. The lowest BCUT2D eigenvalue weighted by atomic mass is 10.3. The van der Waals surface area contributed by atoms with Gasteiger partial charge in [0.05, 0.1) is 18.9 Å². The van der Waals surface area contributed by atoms with E-state index in [0.29, 0.717) is 12.5 Å². The highest BCUT2D eigenvalue weighted by molar-refractivity contribution is 5.15. The average Bonchev–Trinajstić information content (AvgIpc) is 2.61. The average molecular weight is 180 g/mol. The molecule has 0 amide bonds. The van der Waals surface area contributed by atoms with E-state index in [1.165, 1.54) is 0 Å². The fourth-order valence-corrected chi connectivity index (χ4v) is 1.27. The number of aryl methyl sites for hydroxylation is 1. The molecule has 4 nitrogen and oxygen atoms in total. The molecule has 2 rings (SSSR count). The summed E-state index contributed by atoms with van der Waals surface area (Å²) in [5.74, 6) is 0.623. The van der Waals surface area contributed by atoms with Crippen LogP contribution in [0.25, 0.3) is 0 Å². The molecule has 1 fully saturated rings. The second-order valence-electron chi connectivity index (χ2n) is 3.05. The van der Waals surface area contributed by atoms with Crippen molar-refractivity contribution in [3.8, 4) is 5.88 Å². The Kier molecular flexibility index (Phi) is 2.40. The Morgan fingerprint density at radius 2 is 2.31 bits per heavy atom. The molecule has 1 atom stereocenters. The van der Waals surface area contributed by atoms with E-state index in [2.05, 4.69) is 9.97 Å². The molecule has 1 aliphatic heterocycles. The first-order valence-corrected chi connectivity index (χ1v) is 4.38. The molecule has 0 aliphatic carbocycles. The van der Waals surface area contributed by atoms with Crippen molar-refractivity contribution in [2.75, 3.05) is 13.2 Å². The number of hydrogen-bond acceptors (Lipinski definition) is 4. The molecule has 0 spiro atoms. The maximum absolute atomic E-state index is 5.61. The topological polar surface area (TPSA) is 44.2 Å². The highest BCUT2D eigenvalue weighted by Crippen LogP contribution is 2.15. The van der Waals surface area contributed by atoms with Gasteiger partial charge >= 0.3 is 0 Å². The van der Waals surface area contributed by atoms with Crippen molar-refractivity contribution < 1.29 is 9.47 Å². The first-order valence-electron chi connectivity index (χ1n) is 4.38. The van der Waals surface area contributed by atoms with Gasteiger partial charge in [0.15, 0.2) is 0 Å². The summed E-state index contributed by atoms with van der Waals surface area (Å²) in [5, 5.41) is 0. The van der Waals surface area contributed by atoms with E-state index in [4.69, 9.17) is 9.47 Å². The van der Waals surface area contributed by atoms with Gasteiger partial charge in [-0.25, -0.2) is 4.98 Å². The van der Waals surface area contributed by atoms with Crippen molar-refractivity contribution in [2.45, 2.75) is 19.4 Å². The first-order chi connectivity index (χ1) is 6.36. The molecule has 0 saturated carbocycles. The highest BCUT2D eigenvalue weighted by Gasteiger charge is 2.18. The lowest BCUT2D eigenvalue weighted by Gasteiger charge is -2.11. The molecule has 4 heteroatoms. The predicted octanol–water partition coefficient (Wildman–Crippen LogP) is 0.953. The summed E-state index contributed by atoms with van der Waals surface area (Å²) in [5.41, 5.74) is 0.828. The molecule has 0 N–H and O–H groups in total. The van der Waals surface area contributed by atoms with Gasteiger partial charge in [-0.05, 0) is 6.92 Å². The van der Waals surface area contributed by atoms with Crippen LogP contribution < -0.4 is 4.74 Å². The molecular weight excluding hydrogens is 168 g/mol. The van der Waals surface area contributed by atoms with Crippen LogP contribution in [0.15, 0.2) is 12.4 Å². The Labute approximate surface area is 76.9 Å². The van der Waals surface area contributed by atoms with Crippen LogP contribution >= 0.6 is 0 Å². The third kappa shape index (κ3) is 1.95. The summed E-state index contributed by atoms with van der Waals surface area (Å²) < 4.78 is 10.8. The second-order valence-corrected chi connectivity index (χ2v) is 3.05. The molecule has 0 aromatic carbocycles. The maximum Gasteiger partial charge on any atom is 0.235 e. The number of nitrogens with zero attached hydrogens (tertiary/aromatic N) is 2. The molecule has 1 aromatic rings. The fourth-order valence-electron chi connectivity index (χ4n) is 1.27. The standard InChI is InChI=1S/C9H12N2O2/c1-7-9(11-4-3-10-7)13-8-2-5-12-6-8/h3-4,8H,2,5-6H2,1H3. The zero-order valence-corrected chi connectivity index (χ0v) is 7.56. The summed E-state index contributed by atoms with van der Waals surface area (Å²) in [6, 6.07) is 0. The quantitative estimate of drug-likeness (QED) is 0.679. The van der Waals surface area contributed by atoms with Gasteiger partial charge < -0.3 is 9.47 Å². The number of aromatic nitrogens is 2. The zero-order chi connectivity index (χ0) is 9.10. The molecule has 13 heavy (non-hydrogen) atoms. The Hall–Kier alpha value is -1.16. The Bertz CT molecular complexity index is 285. The van der Waals surface area contributed by atoms with Crippen LogP contribution in [0.2, 0.25) is 0 Å². The van der Waals surface area contributed by atoms with Crippen molar-refractivity contribution in [1.29, 1.82) is 0 Å². The Balaban J connectivity index is 2.04. The largest absolute Gasteiger partial charge is 0.471 e. The third-order valence-electron chi connectivity index (χ3n) is 2.00. The summed E-state index contributed by atoms with van der Waals surface area (Å²) in [7, 11) is 0. The van der Waals surface area contributed by atoms with Gasteiger partial charge in [0.25, 0.3) is 0 Å². The van der Waals surface area contributed by atoms with Crippen molar-refractivity contribution in [1.82, 2.24) is 9.97 Å². The van der Waals surface area contributed by atoms with Crippen LogP contribution in [0.3, 0.4) is 0 Å². The molecule has 0 bridgehead atoms. The molecule has 0 radical (unpaired) electrons. The van der Waals surface area contributed by atoms with Crippen molar-refractivity contribution in [3.05, 3.63) is 18.1 Å². The Morgan fingerprint density at radius 1 is 1.46 bits per heavy atom. The summed E-state index contributed by atoms with van der Waals surface area (Å²) in [6.07, 6.45) is 4.39. The molecule has 2 heterocycles. The van der Waals surface area contributed by atoms with Crippen LogP contribution in [-0.4, -0.2) is 29.3 Å². The van der Waals surface area contributed by atoms with Gasteiger partial charge in [-0.3, -0.25) is 4.98 Å². The van der Waals surface area contributed by atoms with Crippen molar-refractivity contribution in [2.24, 2.45) is 0 Å². The van der Waals surface area contributed by atoms with Gasteiger partial charge in [-0.2, -0.15) is 0 Å². The zero-order valence-electron chi connectivity index (χ0n) is 7.56. The molecular formula is C9H12N2O2. The maximum atomic E-state index is 5.61. The van der Waals surface area contributed by atoms with Crippen molar-refractivity contribution in [3.63, 3.8) is 0 Å². The van der Waals surface area contributed by atoms with E-state index < -0.39 is 0 Å². The van der Waals surface area contributed by atoms with E-state index in [0.717, 1.165) is 18.7 Å². The number of rotatable bonds is 2. The Morgan fingerprint density at radius 3 is 3.00 bits per heavy atom. The van der Waals surface area contributed by atoms with E-state index in [9.17, 15) is 0 Å². The molecule has 1 unspecified atom stereocenters. The normalized spacial score (nSPS) is 21.8. The number of ether oxygens (including phenoxy) is 2. The second kappa shape index (κ2) is 3.70. The van der Waals surface area contributed by atoms with E-state index in [1.54, 1.807) is 12.4 Å². The first kappa shape index (κ1) is 8.44. The molecule has 1 aromatic heterocycles. The van der Waals surface area contributed by atoms with Crippen molar-refractivity contribution >= 4 is 0 Å². The minimum absolute atomic E-state index is 0.149. The van der Waals surface area contributed by atoms with Crippen LogP contribution in [0, 0.1) is 6.92 Å². The van der Waals surface area contributed by atoms with E-state index in [-0.39, 0.29) is 6.10 Å². The molecule has 1 saturated heterocycles. The molecule has 1 aliphatic rings. The number of hydrogen-bond donors (Lipinski definition) is 0. The van der Waals surface area contributed by atoms with Crippen LogP contribution in [0.1, 0.15) is 12.1 Å². The highest BCUT2D eigenvalue weighted by atomic mass is 16.5. The van der Waals surface area contributed by atoms with Crippen LogP contribution in [0.4, 0.5) is 0 Å². The minimum Gasteiger partial charge on any atom is -0.471 e. The van der Waals surface area contributed by atoms with Gasteiger partial charge in [-0.15, -0.1) is 0 Å². The predicted molar refractivity (Wildman–Crippen MR) is 46.6 cm³/mol. The van der Waals surface area contributed by atoms with E-state index in [1.807, 2.05) is 6.92 Å². The summed E-state index contributed by atoms with van der Waals surface area (Å²) >= 11 is 0. The summed E-state index contributed by atoms with van der Waals surface area (Å²) in [6.45, 7) is 3.33. The van der Waals surface area contributed by atoms with Gasteiger partial charge in [0.1, 0.15) is 6.10 Å². The van der Waals surface area contributed by atoms with Crippen LogP contribution in [0.5, 0.6) is 5.88 Å². The monoisotopic (exact) mass is 180 g/mol. The van der Waals surface area contributed by atoms with Gasteiger partial charge in [-0.1, -0.05) is 0 Å². The molecule has 70 valence electrons. The smallest absolute Gasteiger partial charge is 0.235 e. The van der Waals surface area contributed by atoms with E-state index >= 15 is 0 Å². The summed E-state index contributed by atoms with van der Waals surface area (Å²) in [4.78, 5) is 8.19. The SMILES string of the molecule is Cc1nccnc1OC1CCOC1.